The Morgan fingerprint density at radius 1 is 1.07 bits per heavy atom. The van der Waals surface area contributed by atoms with E-state index in [0.717, 1.165) is 5.75 Å². The average Bonchev–Trinajstić information content (AvgIpc) is 2.23. The fraction of sp³-hybridized carbons (Fsp3) is 0.0909. The summed E-state index contributed by atoms with van der Waals surface area (Å²) in [6.07, 6.45) is 6.85. The number of hydrogen-bond donors (Lipinski definition) is 0. The molecule has 0 N–H and O–H groups in total. The number of aromatic nitrogens is 2. The molecule has 0 atom stereocenters. The first-order valence-corrected chi connectivity index (χ1v) is 4.41. The Kier molecular flexibility index (Phi) is 2.40. The lowest BCUT2D eigenvalue weighted by molar-refractivity contribution is -0.875. The van der Waals surface area contributed by atoms with Crippen molar-refractivity contribution >= 4 is 0 Å². The van der Waals surface area contributed by atoms with Gasteiger partial charge in [-0.05, 0) is 19.1 Å². The SMILES string of the molecule is Cc1ccc(O[n+]2ccncc2)cc1. The Morgan fingerprint density at radius 2 is 1.71 bits per heavy atom. The summed E-state index contributed by atoms with van der Waals surface area (Å²) in [6, 6.07) is 7.89. The van der Waals surface area contributed by atoms with Gasteiger partial charge in [-0.3, -0.25) is 4.98 Å². The molecule has 2 rings (SSSR count). The smallest absolute Gasteiger partial charge is 0.241 e. The molecule has 1 heterocycles. The van der Waals surface area contributed by atoms with Crippen molar-refractivity contribution in [3.05, 3.63) is 54.6 Å². The molecule has 3 nitrogen and oxygen atoms in total. The molecule has 0 radical (unpaired) electrons. The molecule has 0 bridgehead atoms. The minimum absolute atomic E-state index is 0.812. The zero-order valence-corrected chi connectivity index (χ0v) is 7.92. The second kappa shape index (κ2) is 3.87. The summed E-state index contributed by atoms with van der Waals surface area (Å²) in [4.78, 5) is 9.41. The number of aryl methyl sites for hydroxylation is 1. The highest BCUT2D eigenvalue weighted by Crippen LogP contribution is 2.09. The van der Waals surface area contributed by atoms with Crippen LogP contribution in [0.5, 0.6) is 5.75 Å². The highest BCUT2D eigenvalue weighted by Gasteiger charge is 2.01. The Labute approximate surface area is 82.6 Å². The van der Waals surface area contributed by atoms with Crippen LogP contribution in [0.4, 0.5) is 0 Å². The second-order valence-corrected chi connectivity index (χ2v) is 3.01. The molecule has 0 aliphatic rings. The third-order valence-electron chi connectivity index (χ3n) is 1.83. The lowest BCUT2D eigenvalue weighted by Crippen LogP contribution is -2.38. The molecule has 1 aromatic carbocycles. The van der Waals surface area contributed by atoms with Crippen LogP contribution in [0, 0.1) is 6.92 Å². The van der Waals surface area contributed by atoms with Gasteiger partial charge >= 0.3 is 0 Å². The average molecular weight is 187 g/mol. The van der Waals surface area contributed by atoms with Crippen molar-refractivity contribution in [1.29, 1.82) is 0 Å². The van der Waals surface area contributed by atoms with Gasteiger partial charge in [-0.15, -0.1) is 0 Å². The lowest BCUT2D eigenvalue weighted by Gasteiger charge is -1.97. The van der Waals surface area contributed by atoms with Crippen molar-refractivity contribution in [3.63, 3.8) is 0 Å². The Balaban J connectivity index is 2.16. The Bertz CT molecular complexity index is 397. The molecule has 3 heteroatoms. The minimum Gasteiger partial charge on any atom is -0.252 e. The fourth-order valence-corrected chi connectivity index (χ4v) is 1.09. The third-order valence-corrected chi connectivity index (χ3v) is 1.83. The van der Waals surface area contributed by atoms with Crippen LogP contribution >= 0.6 is 0 Å². The third kappa shape index (κ3) is 2.07. The standard InChI is InChI=1S/C11H11N2O/c1-10-2-4-11(5-3-10)14-13-8-6-12-7-9-13/h2-9H,1H3/q+1. The monoisotopic (exact) mass is 187 g/mol. The molecule has 0 amide bonds. The van der Waals surface area contributed by atoms with E-state index >= 15 is 0 Å². The maximum absolute atomic E-state index is 5.51. The van der Waals surface area contributed by atoms with Gasteiger partial charge in [0.2, 0.25) is 18.1 Å². The molecule has 0 spiro atoms. The molecule has 0 aliphatic heterocycles. The number of benzene rings is 1. The van der Waals surface area contributed by atoms with Crippen LogP contribution < -0.4 is 9.57 Å². The Morgan fingerprint density at radius 3 is 2.36 bits per heavy atom. The van der Waals surface area contributed by atoms with Gasteiger partial charge in [-0.2, -0.15) is 0 Å². The normalized spacial score (nSPS) is 9.79. The molecule has 14 heavy (non-hydrogen) atoms. The predicted molar refractivity (Wildman–Crippen MR) is 51.6 cm³/mol. The van der Waals surface area contributed by atoms with Gasteiger partial charge in [0.25, 0.3) is 0 Å². The van der Waals surface area contributed by atoms with Crippen LogP contribution in [0.25, 0.3) is 0 Å². The van der Waals surface area contributed by atoms with E-state index in [0.29, 0.717) is 0 Å². The van der Waals surface area contributed by atoms with E-state index in [1.54, 1.807) is 29.5 Å². The highest BCUT2D eigenvalue weighted by molar-refractivity contribution is 5.25. The van der Waals surface area contributed by atoms with Crippen LogP contribution in [-0.2, 0) is 0 Å². The molecule has 0 aliphatic carbocycles. The van der Waals surface area contributed by atoms with Crippen LogP contribution in [-0.4, -0.2) is 4.98 Å². The number of hydrogen-bond acceptors (Lipinski definition) is 2. The molecule has 2 aromatic rings. The van der Waals surface area contributed by atoms with Gasteiger partial charge in [0, 0.05) is 4.73 Å². The summed E-state index contributed by atoms with van der Waals surface area (Å²) >= 11 is 0. The van der Waals surface area contributed by atoms with Gasteiger partial charge in [-0.25, -0.2) is 4.84 Å². The van der Waals surface area contributed by atoms with E-state index in [-0.39, 0.29) is 0 Å². The lowest BCUT2D eigenvalue weighted by atomic mass is 10.2. The zero-order valence-electron chi connectivity index (χ0n) is 7.92. The summed E-state index contributed by atoms with van der Waals surface area (Å²) in [5.74, 6) is 0.812. The topological polar surface area (TPSA) is 26.0 Å². The van der Waals surface area contributed by atoms with E-state index in [2.05, 4.69) is 4.98 Å². The van der Waals surface area contributed by atoms with Crippen LogP contribution in [0.2, 0.25) is 0 Å². The second-order valence-electron chi connectivity index (χ2n) is 3.01. The van der Waals surface area contributed by atoms with Gasteiger partial charge < -0.3 is 0 Å². The summed E-state index contributed by atoms with van der Waals surface area (Å²) in [5, 5.41) is 0. The summed E-state index contributed by atoms with van der Waals surface area (Å²) in [6.45, 7) is 2.04. The largest absolute Gasteiger partial charge is 0.252 e. The summed E-state index contributed by atoms with van der Waals surface area (Å²) < 4.78 is 1.61. The molecule has 1 aromatic heterocycles. The molecule has 0 unspecified atom stereocenters. The first-order chi connectivity index (χ1) is 6.84. The molecule has 0 fully saturated rings. The Hall–Kier alpha value is -1.90. The van der Waals surface area contributed by atoms with Crippen molar-refractivity contribution in [3.8, 4) is 5.75 Å². The van der Waals surface area contributed by atoms with Crippen molar-refractivity contribution in [1.82, 2.24) is 4.98 Å². The van der Waals surface area contributed by atoms with Gasteiger partial charge in [0.15, 0.2) is 0 Å². The van der Waals surface area contributed by atoms with Gasteiger partial charge in [-0.1, -0.05) is 17.7 Å². The maximum atomic E-state index is 5.51. The molecule has 0 saturated carbocycles. The van der Waals surface area contributed by atoms with Gasteiger partial charge in [0.1, 0.15) is 0 Å². The maximum Gasteiger partial charge on any atom is 0.241 e. The molecular weight excluding hydrogens is 176 g/mol. The predicted octanol–water partition coefficient (Wildman–Crippen LogP) is 1.52. The number of rotatable bonds is 2. The van der Waals surface area contributed by atoms with Crippen molar-refractivity contribution in [2.45, 2.75) is 6.92 Å². The minimum atomic E-state index is 0.812. The summed E-state index contributed by atoms with van der Waals surface area (Å²) in [5.41, 5.74) is 1.22. The van der Waals surface area contributed by atoms with E-state index in [1.807, 2.05) is 31.2 Å². The molecule has 0 saturated heterocycles. The quantitative estimate of drug-likeness (QED) is 0.666. The van der Waals surface area contributed by atoms with Crippen molar-refractivity contribution < 1.29 is 9.57 Å². The van der Waals surface area contributed by atoms with E-state index < -0.39 is 0 Å². The zero-order chi connectivity index (χ0) is 9.80. The highest BCUT2D eigenvalue weighted by atomic mass is 16.7. The van der Waals surface area contributed by atoms with E-state index in [9.17, 15) is 0 Å². The number of nitrogens with zero attached hydrogens (tertiary/aromatic N) is 2. The first-order valence-electron chi connectivity index (χ1n) is 4.41. The fourth-order valence-electron chi connectivity index (χ4n) is 1.09. The van der Waals surface area contributed by atoms with Crippen molar-refractivity contribution in [2.24, 2.45) is 0 Å². The van der Waals surface area contributed by atoms with Crippen molar-refractivity contribution in [2.75, 3.05) is 0 Å². The van der Waals surface area contributed by atoms with Gasteiger partial charge in [0.05, 0.1) is 12.4 Å². The first kappa shape index (κ1) is 8.69. The van der Waals surface area contributed by atoms with Crippen LogP contribution in [0.15, 0.2) is 49.1 Å². The molecular formula is C11H11N2O+. The van der Waals surface area contributed by atoms with Crippen LogP contribution in [0.1, 0.15) is 5.56 Å². The van der Waals surface area contributed by atoms with E-state index in [4.69, 9.17) is 4.84 Å². The molecule has 70 valence electrons. The van der Waals surface area contributed by atoms with E-state index in [1.165, 1.54) is 5.56 Å². The summed E-state index contributed by atoms with van der Waals surface area (Å²) in [7, 11) is 0. The van der Waals surface area contributed by atoms with Crippen LogP contribution in [0.3, 0.4) is 0 Å².